The molecule has 0 heterocycles. The van der Waals surface area contributed by atoms with Crippen molar-refractivity contribution >= 4 is 29.7 Å². The molecule has 188 valence electrons. The van der Waals surface area contributed by atoms with Crippen molar-refractivity contribution in [2.75, 3.05) is 27.9 Å². The van der Waals surface area contributed by atoms with E-state index in [9.17, 15) is 9.59 Å². The zero-order valence-corrected chi connectivity index (χ0v) is 20.9. The second-order valence-corrected chi connectivity index (χ2v) is 7.77. The Hall–Kier alpha value is -4.24. The van der Waals surface area contributed by atoms with Crippen LogP contribution in [0.1, 0.15) is 21.5 Å². The number of esters is 1. The maximum atomic E-state index is 12.6. The number of carbonyl (C=O) groups excluding carboxylic acids is 2. The second-order valence-electron chi connectivity index (χ2n) is 7.37. The van der Waals surface area contributed by atoms with Crippen LogP contribution in [0.15, 0.2) is 59.7 Å². The third kappa shape index (κ3) is 6.89. The van der Waals surface area contributed by atoms with Crippen molar-refractivity contribution in [3.05, 3.63) is 76.3 Å². The van der Waals surface area contributed by atoms with Crippen LogP contribution in [0.4, 0.5) is 0 Å². The Morgan fingerprint density at radius 3 is 2.14 bits per heavy atom. The van der Waals surface area contributed by atoms with Crippen molar-refractivity contribution in [1.29, 1.82) is 0 Å². The first-order valence-electron chi connectivity index (χ1n) is 10.7. The van der Waals surface area contributed by atoms with E-state index >= 15 is 0 Å². The lowest BCUT2D eigenvalue weighted by molar-refractivity contribution is -0.123. The standard InChI is InChI=1S/C26H25ClN2O7/c1-16-11-20(9-10-21(16)27)35-15-24(30)29-28-14-17-5-7-19(8-6-17)36-26(31)18-12-22(32-2)25(34-4)23(13-18)33-3/h5-14H,15H2,1-4H3,(H,29,30). The fourth-order valence-electron chi connectivity index (χ4n) is 3.05. The normalized spacial score (nSPS) is 10.6. The number of rotatable bonds is 10. The van der Waals surface area contributed by atoms with Gasteiger partial charge in [0, 0.05) is 5.02 Å². The van der Waals surface area contributed by atoms with E-state index in [1.165, 1.54) is 39.7 Å². The molecule has 3 aromatic rings. The van der Waals surface area contributed by atoms with Crippen molar-refractivity contribution in [3.8, 4) is 28.7 Å². The Morgan fingerprint density at radius 1 is 0.917 bits per heavy atom. The highest BCUT2D eigenvalue weighted by Crippen LogP contribution is 2.38. The first-order valence-corrected chi connectivity index (χ1v) is 11.1. The number of methoxy groups -OCH3 is 3. The second kappa shape index (κ2) is 12.5. The van der Waals surface area contributed by atoms with Crippen LogP contribution in [0.25, 0.3) is 0 Å². The average Bonchev–Trinajstić information content (AvgIpc) is 2.89. The summed E-state index contributed by atoms with van der Waals surface area (Å²) in [6.07, 6.45) is 1.45. The summed E-state index contributed by atoms with van der Waals surface area (Å²) in [4.78, 5) is 24.6. The molecule has 1 amide bonds. The molecule has 10 heteroatoms. The van der Waals surface area contributed by atoms with E-state index in [1.807, 2.05) is 6.92 Å². The van der Waals surface area contributed by atoms with Crippen LogP contribution in [-0.2, 0) is 4.79 Å². The molecule has 0 saturated carbocycles. The van der Waals surface area contributed by atoms with Gasteiger partial charge in [-0.3, -0.25) is 4.79 Å². The molecule has 0 saturated heterocycles. The predicted octanol–water partition coefficient (Wildman–Crippen LogP) is 4.42. The highest BCUT2D eigenvalue weighted by atomic mass is 35.5. The lowest BCUT2D eigenvalue weighted by atomic mass is 10.2. The summed E-state index contributed by atoms with van der Waals surface area (Å²) in [5.41, 5.74) is 4.15. The number of amides is 1. The zero-order valence-electron chi connectivity index (χ0n) is 20.2. The highest BCUT2D eigenvalue weighted by molar-refractivity contribution is 6.31. The van der Waals surface area contributed by atoms with Gasteiger partial charge >= 0.3 is 5.97 Å². The first-order chi connectivity index (χ1) is 17.3. The van der Waals surface area contributed by atoms with E-state index in [2.05, 4.69) is 10.5 Å². The number of aryl methyl sites for hydroxylation is 1. The van der Waals surface area contributed by atoms with Gasteiger partial charge in [-0.1, -0.05) is 11.6 Å². The molecule has 0 unspecified atom stereocenters. The van der Waals surface area contributed by atoms with E-state index in [0.29, 0.717) is 39.3 Å². The van der Waals surface area contributed by atoms with Crippen LogP contribution >= 0.6 is 11.6 Å². The molecule has 3 rings (SSSR count). The average molecular weight is 513 g/mol. The number of hydrazone groups is 1. The summed E-state index contributed by atoms with van der Waals surface area (Å²) >= 11 is 5.97. The fourth-order valence-corrected chi connectivity index (χ4v) is 3.17. The van der Waals surface area contributed by atoms with Crippen LogP contribution in [0, 0.1) is 6.92 Å². The Bertz CT molecular complexity index is 1230. The molecule has 36 heavy (non-hydrogen) atoms. The number of ether oxygens (including phenoxy) is 5. The van der Waals surface area contributed by atoms with Gasteiger partial charge < -0.3 is 23.7 Å². The molecular weight excluding hydrogens is 488 g/mol. The largest absolute Gasteiger partial charge is 0.493 e. The zero-order chi connectivity index (χ0) is 26.1. The van der Waals surface area contributed by atoms with Gasteiger partial charge in [-0.05, 0) is 72.6 Å². The molecule has 0 aliphatic rings. The van der Waals surface area contributed by atoms with Crippen LogP contribution < -0.4 is 29.1 Å². The van der Waals surface area contributed by atoms with Gasteiger partial charge in [0.05, 0.1) is 33.1 Å². The van der Waals surface area contributed by atoms with Crippen LogP contribution in [-0.4, -0.2) is 46.0 Å². The number of benzene rings is 3. The van der Waals surface area contributed by atoms with Crippen molar-refractivity contribution in [2.24, 2.45) is 5.10 Å². The minimum absolute atomic E-state index is 0.200. The van der Waals surface area contributed by atoms with Crippen molar-refractivity contribution in [2.45, 2.75) is 6.92 Å². The molecule has 0 radical (unpaired) electrons. The van der Waals surface area contributed by atoms with E-state index in [-0.39, 0.29) is 12.2 Å². The molecule has 0 bridgehead atoms. The smallest absolute Gasteiger partial charge is 0.343 e. The first kappa shape index (κ1) is 26.4. The van der Waals surface area contributed by atoms with Gasteiger partial charge in [-0.2, -0.15) is 5.10 Å². The lowest BCUT2D eigenvalue weighted by Crippen LogP contribution is -2.24. The van der Waals surface area contributed by atoms with Crippen LogP contribution in [0.3, 0.4) is 0 Å². The van der Waals surface area contributed by atoms with Crippen LogP contribution in [0.2, 0.25) is 5.02 Å². The van der Waals surface area contributed by atoms with E-state index in [4.69, 9.17) is 35.3 Å². The molecule has 3 aromatic carbocycles. The van der Waals surface area contributed by atoms with E-state index in [0.717, 1.165) is 5.56 Å². The quantitative estimate of drug-likeness (QED) is 0.185. The van der Waals surface area contributed by atoms with Gasteiger partial charge in [0.2, 0.25) is 5.75 Å². The summed E-state index contributed by atoms with van der Waals surface area (Å²) in [7, 11) is 4.40. The van der Waals surface area contributed by atoms with Gasteiger partial charge in [0.15, 0.2) is 18.1 Å². The third-order valence-electron chi connectivity index (χ3n) is 4.89. The summed E-state index contributed by atoms with van der Waals surface area (Å²) in [6.45, 7) is 1.65. The van der Waals surface area contributed by atoms with Gasteiger partial charge in [0.25, 0.3) is 5.91 Å². The number of carbonyl (C=O) groups is 2. The monoisotopic (exact) mass is 512 g/mol. The maximum absolute atomic E-state index is 12.6. The van der Waals surface area contributed by atoms with Crippen molar-refractivity contribution in [3.63, 3.8) is 0 Å². The Kier molecular flexibility index (Phi) is 9.13. The lowest BCUT2D eigenvalue weighted by Gasteiger charge is -2.13. The summed E-state index contributed by atoms with van der Waals surface area (Å²) in [5, 5.41) is 4.53. The summed E-state index contributed by atoms with van der Waals surface area (Å²) < 4.78 is 26.6. The minimum Gasteiger partial charge on any atom is -0.493 e. The summed E-state index contributed by atoms with van der Waals surface area (Å²) in [5.74, 6) is 0.888. The fraction of sp³-hybridized carbons (Fsp3) is 0.192. The van der Waals surface area contributed by atoms with Gasteiger partial charge in [-0.15, -0.1) is 0 Å². The maximum Gasteiger partial charge on any atom is 0.343 e. The van der Waals surface area contributed by atoms with E-state index in [1.54, 1.807) is 42.5 Å². The van der Waals surface area contributed by atoms with Crippen molar-refractivity contribution in [1.82, 2.24) is 5.43 Å². The topological polar surface area (TPSA) is 105 Å². The molecule has 1 N–H and O–H groups in total. The Labute approximate surface area is 213 Å². The number of nitrogens with zero attached hydrogens (tertiary/aromatic N) is 1. The minimum atomic E-state index is -0.598. The summed E-state index contributed by atoms with van der Waals surface area (Å²) in [6, 6.07) is 14.7. The highest BCUT2D eigenvalue weighted by Gasteiger charge is 2.18. The van der Waals surface area contributed by atoms with E-state index < -0.39 is 11.9 Å². The molecule has 0 atom stereocenters. The van der Waals surface area contributed by atoms with Crippen molar-refractivity contribution < 1.29 is 33.3 Å². The molecular formula is C26H25ClN2O7. The predicted molar refractivity (Wildman–Crippen MR) is 135 cm³/mol. The number of halogens is 1. The molecule has 0 spiro atoms. The molecule has 9 nitrogen and oxygen atoms in total. The van der Waals surface area contributed by atoms with Crippen LogP contribution in [0.5, 0.6) is 28.7 Å². The number of hydrogen-bond donors (Lipinski definition) is 1. The molecule has 0 aliphatic carbocycles. The Morgan fingerprint density at radius 2 is 1.56 bits per heavy atom. The number of nitrogens with one attached hydrogen (secondary N) is 1. The molecule has 0 fully saturated rings. The number of hydrogen-bond acceptors (Lipinski definition) is 8. The molecule has 0 aliphatic heterocycles. The van der Waals surface area contributed by atoms with Gasteiger partial charge in [0.1, 0.15) is 11.5 Å². The van der Waals surface area contributed by atoms with Gasteiger partial charge in [-0.25, -0.2) is 10.2 Å². The Balaban J connectivity index is 1.54. The third-order valence-corrected chi connectivity index (χ3v) is 5.32. The molecule has 0 aromatic heterocycles. The SMILES string of the molecule is COc1cc(C(=O)Oc2ccc(C=NNC(=O)COc3ccc(Cl)c(C)c3)cc2)cc(OC)c1OC.